The number of esters is 1. The smallest absolute Gasteiger partial charge is 0.375 e. The molecular weight excluding hydrogens is 386 g/mol. The number of nitrogens with one attached hydrogen (secondary N) is 1. The number of carbonyl (C=O) groups excluding carboxylic acids is 2. The molecule has 0 atom stereocenters. The van der Waals surface area contributed by atoms with Crippen molar-refractivity contribution >= 4 is 40.1 Å². The summed E-state index contributed by atoms with van der Waals surface area (Å²) in [5.41, 5.74) is 1.51. The molecular formula is C20H18ClNO6. The first-order valence-corrected chi connectivity index (χ1v) is 8.68. The van der Waals surface area contributed by atoms with Crippen LogP contribution in [0.15, 0.2) is 40.8 Å². The molecule has 0 saturated carbocycles. The second-order valence-electron chi connectivity index (χ2n) is 5.89. The van der Waals surface area contributed by atoms with Crippen molar-refractivity contribution in [2.24, 2.45) is 0 Å². The summed E-state index contributed by atoms with van der Waals surface area (Å²) in [6.45, 7) is 1.24. The second kappa shape index (κ2) is 8.22. The van der Waals surface area contributed by atoms with Gasteiger partial charge in [0.2, 0.25) is 5.76 Å². The highest BCUT2D eigenvalue weighted by Crippen LogP contribution is 2.29. The van der Waals surface area contributed by atoms with E-state index >= 15 is 0 Å². The topological polar surface area (TPSA) is 87.0 Å². The van der Waals surface area contributed by atoms with E-state index in [1.54, 1.807) is 44.4 Å². The van der Waals surface area contributed by atoms with Crippen molar-refractivity contribution in [2.45, 2.75) is 6.92 Å². The Morgan fingerprint density at radius 2 is 1.89 bits per heavy atom. The molecule has 7 nitrogen and oxygen atoms in total. The van der Waals surface area contributed by atoms with Gasteiger partial charge in [0.25, 0.3) is 5.91 Å². The molecule has 0 aliphatic rings. The molecule has 0 bridgehead atoms. The Labute approximate surface area is 166 Å². The number of furan rings is 1. The van der Waals surface area contributed by atoms with E-state index < -0.39 is 18.5 Å². The first-order chi connectivity index (χ1) is 13.4. The lowest BCUT2D eigenvalue weighted by atomic mass is 10.1. The van der Waals surface area contributed by atoms with Crippen LogP contribution in [0.3, 0.4) is 0 Å². The Balaban J connectivity index is 1.69. The van der Waals surface area contributed by atoms with Gasteiger partial charge in [-0.2, -0.15) is 0 Å². The fourth-order valence-electron chi connectivity index (χ4n) is 2.68. The van der Waals surface area contributed by atoms with E-state index in [0.717, 1.165) is 5.39 Å². The quantitative estimate of drug-likeness (QED) is 0.620. The summed E-state index contributed by atoms with van der Waals surface area (Å²) in [6, 6.07) is 9.99. The predicted octanol–water partition coefficient (Wildman–Crippen LogP) is 4.21. The Morgan fingerprint density at radius 3 is 2.61 bits per heavy atom. The van der Waals surface area contributed by atoms with Gasteiger partial charge in [-0.1, -0.05) is 11.6 Å². The van der Waals surface area contributed by atoms with Crippen LogP contribution < -0.4 is 14.8 Å². The number of hydrogen-bond acceptors (Lipinski definition) is 6. The van der Waals surface area contributed by atoms with Gasteiger partial charge in [0.1, 0.15) is 17.1 Å². The van der Waals surface area contributed by atoms with Gasteiger partial charge < -0.3 is 23.9 Å². The number of anilines is 1. The fraction of sp³-hybridized carbons (Fsp3) is 0.200. The first-order valence-electron chi connectivity index (χ1n) is 8.30. The molecule has 1 aromatic heterocycles. The summed E-state index contributed by atoms with van der Waals surface area (Å²) < 4.78 is 21.0. The molecule has 28 heavy (non-hydrogen) atoms. The van der Waals surface area contributed by atoms with Crippen molar-refractivity contribution in [2.75, 3.05) is 26.1 Å². The average Bonchev–Trinajstić information content (AvgIpc) is 3.02. The SMILES string of the molecule is COc1ccc2oc(C(=O)OCC(=O)Nc3cc(Cl)ccc3OC)c(C)c2c1. The largest absolute Gasteiger partial charge is 0.497 e. The van der Waals surface area contributed by atoms with Gasteiger partial charge in [-0.25, -0.2) is 4.79 Å². The van der Waals surface area contributed by atoms with Crippen LogP contribution in [-0.4, -0.2) is 32.7 Å². The minimum Gasteiger partial charge on any atom is -0.497 e. The summed E-state index contributed by atoms with van der Waals surface area (Å²) in [4.78, 5) is 24.5. The van der Waals surface area contributed by atoms with E-state index in [1.807, 2.05) is 0 Å². The van der Waals surface area contributed by atoms with Crippen LogP contribution >= 0.6 is 11.6 Å². The fourth-order valence-corrected chi connectivity index (χ4v) is 2.85. The van der Waals surface area contributed by atoms with E-state index in [-0.39, 0.29) is 5.76 Å². The van der Waals surface area contributed by atoms with Gasteiger partial charge in [-0.05, 0) is 43.3 Å². The number of rotatable bonds is 6. The van der Waals surface area contributed by atoms with Crippen molar-refractivity contribution in [3.05, 3.63) is 52.7 Å². The van der Waals surface area contributed by atoms with E-state index in [1.165, 1.54) is 13.2 Å². The van der Waals surface area contributed by atoms with Crippen molar-refractivity contribution in [3.63, 3.8) is 0 Å². The Hall–Kier alpha value is -3.19. The highest BCUT2D eigenvalue weighted by molar-refractivity contribution is 6.31. The zero-order valence-corrected chi connectivity index (χ0v) is 16.3. The van der Waals surface area contributed by atoms with Crippen LogP contribution in [0, 0.1) is 6.92 Å². The van der Waals surface area contributed by atoms with Crippen LogP contribution in [-0.2, 0) is 9.53 Å². The molecule has 0 unspecified atom stereocenters. The van der Waals surface area contributed by atoms with Gasteiger partial charge in [-0.15, -0.1) is 0 Å². The standard InChI is InChI=1S/C20H18ClNO6/c1-11-14-9-13(25-2)5-7-16(14)28-19(11)20(24)27-10-18(23)22-15-8-12(21)4-6-17(15)26-3/h4-9H,10H2,1-3H3,(H,22,23). The summed E-state index contributed by atoms with van der Waals surface area (Å²) >= 11 is 5.93. The van der Waals surface area contributed by atoms with Crippen LogP contribution in [0.5, 0.6) is 11.5 Å². The van der Waals surface area contributed by atoms with E-state index in [0.29, 0.717) is 33.4 Å². The third kappa shape index (κ3) is 4.04. The molecule has 0 fully saturated rings. The van der Waals surface area contributed by atoms with E-state index in [9.17, 15) is 9.59 Å². The number of methoxy groups -OCH3 is 2. The Kier molecular flexibility index (Phi) is 5.75. The van der Waals surface area contributed by atoms with Gasteiger partial charge in [0, 0.05) is 16.0 Å². The molecule has 0 saturated heterocycles. The number of benzene rings is 2. The van der Waals surface area contributed by atoms with Crippen molar-refractivity contribution in [3.8, 4) is 11.5 Å². The number of fused-ring (bicyclic) bond motifs is 1. The minimum atomic E-state index is -0.735. The summed E-state index contributed by atoms with van der Waals surface area (Å²) in [6.07, 6.45) is 0. The van der Waals surface area contributed by atoms with Crippen molar-refractivity contribution < 1.29 is 28.2 Å². The molecule has 3 rings (SSSR count). The molecule has 0 spiro atoms. The molecule has 0 aliphatic heterocycles. The zero-order chi connectivity index (χ0) is 20.3. The Morgan fingerprint density at radius 1 is 1.11 bits per heavy atom. The molecule has 2 aromatic carbocycles. The molecule has 146 valence electrons. The minimum absolute atomic E-state index is 0.0383. The van der Waals surface area contributed by atoms with Crippen LogP contribution in [0.1, 0.15) is 16.1 Å². The highest BCUT2D eigenvalue weighted by Gasteiger charge is 2.20. The maximum Gasteiger partial charge on any atom is 0.375 e. The van der Waals surface area contributed by atoms with Gasteiger partial charge in [0.05, 0.1) is 19.9 Å². The highest BCUT2D eigenvalue weighted by atomic mass is 35.5. The van der Waals surface area contributed by atoms with Crippen molar-refractivity contribution in [1.29, 1.82) is 0 Å². The van der Waals surface area contributed by atoms with Crippen LogP contribution in [0.4, 0.5) is 5.69 Å². The molecule has 1 heterocycles. The van der Waals surface area contributed by atoms with Gasteiger partial charge in [-0.3, -0.25) is 4.79 Å². The molecule has 1 amide bonds. The third-order valence-corrected chi connectivity index (χ3v) is 4.33. The normalized spacial score (nSPS) is 10.6. The third-order valence-electron chi connectivity index (χ3n) is 4.10. The lowest BCUT2D eigenvalue weighted by molar-refractivity contribution is -0.119. The molecule has 8 heteroatoms. The number of hydrogen-bond donors (Lipinski definition) is 1. The molecule has 0 aliphatic carbocycles. The summed E-state index contributed by atoms with van der Waals surface area (Å²) in [7, 11) is 3.03. The maximum absolute atomic E-state index is 12.4. The summed E-state index contributed by atoms with van der Waals surface area (Å²) in [5, 5.41) is 3.76. The van der Waals surface area contributed by atoms with E-state index in [2.05, 4.69) is 5.32 Å². The second-order valence-corrected chi connectivity index (χ2v) is 6.32. The summed E-state index contributed by atoms with van der Waals surface area (Å²) in [5.74, 6) is -0.154. The van der Waals surface area contributed by atoms with Gasteiger partial charge >= 0.3 is 5.97 Å². The number of amides is 1. The average molecular weight is 404 g/mol. The number of halogens is 1. The number of carbonyl (C=O) groups is 2. The molecule has 0 radical (unpaired) electrons. The maximum atomic E-state index is 12.4. The molecule has 1 N–H and O–H groups in total. The van der Waals surface area contributed by atoms with Crippen molar-refractivity contribution in [1.82, 2.24) is 0 Å². The zero-order valence-electron chi connectivity index (χ0n) is 15.5. The monoisotopic (exact) mass is 403 g/mol. The first kappa shape index (κ1) is 19.6. The number of aryl methyl sites for hydroxylation is 1. The lowest BCUT2D eigenvalue weighted by Gasteiger charge is -2.10. The van der Waals surface area contributed by atoms with Crippen LogP contribution in [0.25, 0.3) is 11.0 Å². The lowest BCUT2D eigenvalue weighted by Crippen LogP contribution is -2.21. The Bertz CT molecular complexity index is 1040. The van der Waals surface area contributed by atoms with Crippen LogP contribution in [0.2, 0.25) is 5.02 Å². The predicted molar refractivity (Wildman–Crippen MR) is 104 cm³/mol. The van der Waals surface area contributed by atoms with E-state index in [4.69, 9.17) is 30.2 Å². The van der Waals surface area contributed by atoms with Gasteiger partial charge in [0.15, 0.2) is 6.61 Å². The molecule has 3 aromatic rings. The number of ether oxygens (including phenoxy) is 3.